The largest absolute Gasteiger partial charge is 0.375 e. The van der Waals surface area contributed by atoms with E-state index in [4.69, 9.17) is 4.74 Å². The minimum absolute atomic E-state index is 0.0537. The van der Waals surface area contributed by atoms with Gasteiger partial charge in [-0.3, -0.25) is 0 Å². The van der Waals surface area contributed by atoms with Crippen LogP contribution in [0.25, 0.3) is 0 Å². The van der Waals surface area contributed by atoms with Gasteiger partial charge in [0.25, 0.3) is 0 Å². The molecule has 2 amide bonds. The van der Waals surface area contributed by atoms with Crippen molar-refractivity contribution < 1.29 is 9.53 Å². The van der Waals surface area contributed by atoms with Crippen molar-refractivity contribution in [3.63, 3.8) is 0 Å². The van der Waals surface area contributed by atoms with Gasteiger partial charge in [-0.2, -0.15) is 0 Å². The lowest BCUT2D eigenvalue weighted by atomic mass is 10.3. The SMILES string of the molecule is CSc1ccc(NC(=O)N2CCOC(C)C2)cc1. The summed E-state index contributed by atoms with van der Waals surface area (Å²) in [5, 5.41) is 2.91. The van der Waals surface area contributed by atoms with Crippen LogP contribution in [0.1, 0.15) is 6.92 Å². The number of nitrogens with one attached hydrogen (secondary N) is 1. The zero-order valence-electron chi connectivity index (χ0n) is 10.7. The molecule has 0 spiro atoms. The number of urea groups is 1. The van der Waals surface area contributed by atoms with E-state index < -0.39 is 0 Å². The van der Waals surface area contributed by atoms with Gasteiger partial charge >= 0.3 is 6.03 Å². The lowest BCUT2D eigenvalue weighted by Crippen LogP contribution is -2.46. The van der Waals surface area contributed by atoms with Gasteiger partial charge in [0.15, 0.2) is 0 Å². The molecule has 5 heteroatoms. The normalized spacial score (nSPS) is 19.7. The Balaban J connectivity index is 1.93. The molecule has 1 aromatic carbocycles. The van der Waals surface area contributed by atoms with E-state index in [2.05, 4.69) is 5.32 Å². The number of nitrogens with zero attached hydrogens (tertiary/aromatic N) is 1. The van der Waals surface area contributed by atoms with Crippen molar-refractivity contribution in [3.8, 4) is 0 Å². The number of ether oxygens (including phenoxy) is 1. The zero-order chi connectivity index (χ0) is 13.0. The molecular weight excluding hydrogens is 248 g/mol. The van der Waals surface area contributed by atoms with Gasteiger partial charge < -0.3 is 15.0 Å². The Bertz CT molecular complexity index is 408. The molecular formula is C13H18N2O2S. The van der Waals surface area contributed by atoms with Gasteiger partial charge in [-0.25, -0.2) is 4.79 Å². The third kappa shape index (κ3) is 3.40. The summed E-state index contributed by atoms with van der Waals surface area (Å²) in [5.41, 5.74) is 0.831. The van der Waals surface area contributed by atoms with Crippen LogP contribution < -0.4 is 5.32 Å². The number of anilines is 1. The summed E-state index contributed by atoms with van der Waals surface area (Å²) >= 11 is 1.69. The number of amides is 2. The van der Waals surface area contributed by atoms with Crippen molar-refractivity contribution in [1.29, 1.82) is 0 Å². The van der Waals surface area contributed by atoms with Gasteiger partial charge in [0.05, 0.1) is 12.7 Å². The maximum absolute atomic E-state index is 12.0. The molecule has 0 saturated carbocycles. The van der Waals surface area contributed by atoms with Crippen molar-refractivity contribution in [3.05, 3.63) is 24.3 Å². The Morgan fingerprint density at radius 2 is 2.17 bits per heavy atom. The monoisotopic (exact) mass is 266 g/mol. The Morgan fingerprint density at radius 1 is 1.44 bits per heavy atom. The van der Waals surface area contributed by atoms with E-state index in [0.29, 0.717) is 19.7 Å². The summed E-state index contributed by atoms with van der Waals surface area (Å²) in [7, 11) is 0. The highest BCUT2D eigenvalue weighted by Gasteiger charge is 2.21. The fourth-order valence-corrected chi connectivity index (χ4v) is 2.29. The van der Waals surface area contributed by atoms with Crippen LogP contribution in [0.15, 0.2) is 29.2 Å². The molecule has 1 saturated heterocycles. The standard InChI is InChI=1S/C13H18N2O2S/c1-10-9-15(7-8-17-10)13(16)14-11-3-5-12(18-2)6-4-11/h3-6,10H,7-9H2,1-2H3,(H,14,16). The van der Waals surface area contributed by atoms with Crippen LogP contribution in [0.3, 0.4) is 0 Å². The second-order valence-electron chi connectivity index (χ2n) is 4.29. The molecule has 0 radical (unpaired) electrons. The maximum Gasteiger partial charge on any atom is 0.322 e. The quantitative estimate of drug-likeness (QED) is 0.837. The fourth-order valence-electron chi connectivity index (χ4n) is 1.88. The summed E-state index contributed by atoms with van der Waals surface area (Å²) < 4.78 is 5.41. The molecule has 1 N–H and O–H groups in total. The van der Waals surface area contributed by atoms with Crippen LogP contribution in [0.5, 0.6) is 0 Å². The highest BCUT2D eigenvalue weighted by Crippen LogP contribution is 2.18. The first-order valence-electron chi connectivity index (χ1n) is 6.00. The first kappa shape index (κ1) is 13.2. The molecule has 1 atom stereocenters. The summed E-state index contributed by atoms with van der Waals surface area (Å²) in [6.07, 6.45) is 2.14. The average molecular weight is 266 g/mol. The molecule has 98 valence electrons. The number of morpholine rings is 1. The third-order valence-corrected chi connectivity index (χ3v) is 3.61. The van der Waals surface area contributed by atoms with Gasteiger partial charge in [-0.05, 0) is 37.4 Å². The molecule has 0 aromatic heterocycles. The van der Waals surface area contributed by atoms with E-state index in [-0.39, 0.29) is 12.1 Å². The fraction of sp³-hybridized carbons (Fsp3) is 0.462. The van der Waals surface area contributed by atoms with Crippen LogP contribution in [-0.2, 0) is 4.74 Å². The Kier molecular flexibility index (Phi) is 4.49. The summed E-state index contributed by atoms with van der Waals surface area (Å²) in [6, 6.07) is 7.80. The number of carbonyl (C=O) groups is 1. The van der Waals surface area contributed by atoms with E-state index in [1.54, 1.807) is 16.7 Å². The number of carbonyl (C=O) groups excluding carboxylic acids is 1. The van der Waals surface area contributed by atoms with Crippen LogP contribution >= 0.6 is 11.8 Å². The van der Waals surface area contributed by atoms with E-state index in [0.717, 1.165) is 5.69 Å². The lowest BCUT2D eigenvalue weighted by molar-refractivity contribution is -0.00138. The predicted molar refractivity (Wildman–Crippen MR) is 74.2 cm³/mol. The molecule has 2 rings (SSSR count). The second-order valence-corrected chi connectivity index (χ2v) is 5.17. The van der Waals surface area contributed by atoms with Crippen molar-refractivity contribution in [1.82, 2.24) is 4.90 Å². The van der Waals surface area contributed by atoms with Crippen molar-refractivity contribution in [2.45, 2.75) is 17.9 Å². The molecule has 1 fully saturated rings. The van der Waals surface area contributed by atoms with Crippen LogP contribution in [0.2, 0.25) is 0 Å². The third-order valence-electron chi connectivity index (χ3n) is 2.87. The highest BCUT2D eigenvalue weighted by atomic mass is 32.2. The van der Waals surface area contributed by atoms with Crippen LogP contribution in [-0.4, -0.2) is 43.0 Å². The van der Waals surface area contributed by atoms with Gasteiger partial charge in [-0.15, -0.1) is 11.8 Å². The van der Waals surface area contributed by atoms with Crippen molar-refractivity contribution in [2.75, 3.05) is 31.3 Å². The molecule has 0 bridgehead atoms. The molecule has 0 aliphatic carbocycles. The number of rotatable bonds is 2. The lowest BCUT2D eigenvalue weighted by Gasteiger charge is -2.31. The van der Waals surface area contributed by atoms with Gasteiger partial charge in [0, 0.05) is 23.7 Å². The van der Waals surface area contributed by atoms with Gasteiger partial charge in [0.2, 0.25) is 0 Å². The van der Waals surface area contributed by atoms with Crippen LogP contribution in [0.4, 0.5) is 10.5 Å². The van der Waals surface area contributed by atoms with Crippen molar-refractivity contribution in [2.24, 2.45) is 0 Å². The summed E-state index contributed by atoms with van der Waals surface area (Å²) in [5.74, 6) is 0. The number of hydrogen-bond donors (Lipinski definition) is 1. The first-order chi connectivity index (χ1) is 8.69. The van der Waals surface area contributed by atoms with E-state index in [1.165, 1.54) is 4.90 Å². The Hall–Kier alpha value is -1.20. The summed E-state index contributed by atoms with van der Waals surface area (Å²) in [6.45, 7) is 3.89. The number of benzene rings is 1. The minimum Gasteiger partial charge on any atom is -0.375 e. The molecule has 4 nitrogen and oxygen atoms in total. The minimum atomic E-state index is -0.0537. The molecule has 18 heavy (non-hydrogen) atoms. The van der Waals surface area contributed by atoms with Crippen molar-refractivity contribution >= 4 is 23.5 Å². The number of thioether (sulfide) groups is 1. The smallest absolute Gasteiger partial charge is 0.322 e. The van der Waals surface area contributed by atoms with Gasteiger partial charge in [0.1, 0.15) is 0 Å². The van der Waals surface area contributed by atoms with E-state index in [9.17, 15) is 4.79 Å². The predicted octanol–water partition coefficient (Wildman–Crippen LogP) is 2.66. The molecule has 1 aliphatic heterocycles. The molecule has 1 aromatic rings. The Labute approximate surface area is 112 Å². The number of hydrogen-bond acceptors (Lipinski definition) is 3. The summed E-state index contributed by atoms with van der Waals surface area (Å²) in [4.78, 5) is 15.0. The molecule has 1 aliphatic rings. The molecule has 1 unspecified atom stereocenters. The van der Waals surface area contributed by atoms with E-state index >= 15 is 0 Å². The average Bonchev–Trinajstić information content (AvgIpc) is 2.39. The maximum atomic E-state index is 12.0. The zero-order valence-corrected chi connectivity index (χ0v) is 11.5. The van der Waals surface area contributed by atoms with Gasteiger partial charge in [-0.1, -0.05) is 0 Å². The molecule has 1 heterocycles. The first-order valence-corrected chi connectivity index (χ1v) is 7.23. The second kappa shape index (κ2) is 6.11. The topological polar surface area (TPSA) is 41.6 Å². The van der Waals surface area contributed by atoms with Crippen LogP contribution in [0, 0.1) is 0 Å². The van der Waals surface area contributed by atoms with E-state index in [1.807, 2.05) is 37.4 Å². The Morgan fingerprint density at radius 3 is 2.78 bits per heavy atom. The highest BCUT2D eigenvalue weighted by molar-refractivity contribution is 7.98.